The molecular weight excluding hydrogens is 260 g/mol. The molecule has 0 saturated heterocycles. The summed E-state index contributed by atoms with van der Waals surface area (Å²) in [7, 11) is 0. The van der Waals surface area contributed by atoms with E-state index in [1.54, 1.807) is 0 Å². The molecule has 0 heterocycles. The Kier molecular flexibility index (Phi) is 2.62. The summed E-state index contributed by atoms with van der Waals surface area (Å²) in [6.45, 7) is 4.65. The Balaban J connectivity index is 1.80. The molecule has 2 fully saturated rings. The Bertz CT molecular complexity index is 620. The van der Waals surface area contributed by atoms with E-state index < -0.39 is 0 Å². The van der Waals surface area contributed by atoms with Crippen molar-refractivity contribution in [1.29, 1.82) is 0 Å². The van der Waals surface area contributed by atoms with E-state index in [0.29, 0.717) is 23.4 Å². The first-order valence-electron chi connectivity index (χ1n) is 8.30. The molecule has 1 aromatic carbocycles. The lowest BCUT2D eigenvalue weighted by Crippen LogP contribution is -2.49. The summed E-state index contributed by atoms with van der Waals surface area (Å²) in [5.41, 5.74) is 2.94. The van der Waals surface area contributed by atoms with Crippen molar-refractivity contribution in [1.82, 2.24) is 0 Å². The number of carbonyl (C=O) groups is 1. The highest BCUT2D eigenvalue weighted by Gasteiger charge is 2.59. The van der Waals surface area contributed by atoms with Gasteiger partial charge in [-0.2, -0.15) is 0 Å². The minimum absolute atomic E-state index is 0.0698. The summed E-state index contributed by atoms with van der Waals surface area (Å²) < 4.78 is 0. The van der Waals surface area contributed by atoms with Crippen LogP contribution in [0.2, 0.25) is 0 Å². The van der Waals surface area contributed by atoms with Crippen LogP contribution in [-0.2, 0) is 11.2 Å². The molecule has 2 nitrogen and oxygen atoms in total. The smallest absolute Gasteiger partial charge is 0.139 e. The zero-order valence-electron chi connectivity index (χ0n) is 13.0. The lowest BCUT2D eigenvalue weighted by atomic mass is 9.48. The maximum atomic E-state index is 12.4. The first kappa shape index (κ1) is 13.4. The van der Waals surface area contributed by atoms with Crippen LogP contribution in [0.1, 0.15) is 63.0 Å². The zero-order valence-corrected chi connectivity index (χ0v) is 13.0. The highest BCUT2D eigenvalue weighted by molar-refractivity contribution is 5.87. The summed E-state index contributed by atoms with van der Waals surface area (Å²) in [5, 5.41) is 9.73. The molecule has 0 radical (unpaired) electrons. The molecule has 2 heteroatoms. The molecule has 0 bridgehead atoms. The van der Waals surface area contributed by atoms with Crippen LogP contribution in [0.25, 0.3) is 0 Å². The van der Waals surface area contributed by atoms with Gasteiger partial charge >= 0.3 is 0 Å². The third kappa shape index (κ3) is 1.62. The molecule has 0 spiro atoms. The SMILES string of the molecule is CC12CCc3cc(O)ccc3[C@H]1CC[C@]1(C)C(=O)CC[C@@H]21. The van der Waals surface area contributed by atoms with E-state index in [1.807, 2.05) is 12.1 Å². The van der Waals surface area contributed by atoms with E-state index in [0.717, 1.165) is 38.5 Å². The molecule has 112 valence electrons. The Morgan fingerprint density at radius 2 is 1.95 bits per heavy atom. The molecule has 1 unspecified atom stereocenters. The number of rotatable bonds is 0. The lowest BCUT2D eigenvalue weighted by Gasteiger charge is -2.55. The van der Waals surface area contributed by atoms with Gasteiger partial charge in [-0.1, -0.05) is 19.9 Å². The molecule has 2 saturated carbocycles. The number of aromatic hydroxyl groups is 1. The van der Waals surface area contributed by atoms with E-state index >= 15 is 0 Å². The van der Waals surface area contributed by atoms with Gasteiger partial charge < -0.3 is 5.11 Å². The molecule has 1 N–H and O–H groups in total. The minimum Gasteiger partial charge on any atom is -0.508 e. The van der Waals surface area contributed by atoms with E-state index in [1.165, 1.54) is 11.1 Å². The fraction of sp³-hybridized carbons (Fsp3) is 0.632. The number of hydrogen-bond donors (Lipinski definition) is 1. The van der Waals surface area contributed by atoms with Gasteiger partial charge in [-0.25, -0.2) is 0 Å². The van der Waals surface area contributed by atoms with Crippen molar-refractivity contribution >= 4 is 5.78 Å². The molecule has 0 aromatic heterocycles. The van der Waals surface area contributed by atoms with Gasteiger partial charge in [0.25, 0.3) is 0 Å². The van der Waals surface area contributed by atoms with Crippen molar-refractivity contribution in [3.63, 3.8) is 0 Å². The average Bonchev–Trinajstić information content (AvgIpc) is 2.75. The molecule has 1 aromatic rings. The minimum atomic E-state index is -0.0698. The maximum Gasteiger partial charge on any atom is 0.139 e. The van der Waals surface area contributed by atoms with E-state index in [4.69, 9.17) is 0 Å². The largest absolute Gasteiger partial charge is 0.508 e. The van der Waals surface area contributed by atoms with Crippen molar-refractivity contribution in [2.24, 2.45) is 16.7 Å². The van der Waals surface area contributed by atoms with E-state index in [2.05, 4.69) is 19.9 Å². The van der Waals surface area contributed by atoms with Crippen molar-refractivity contribution in [2.75, 3.05) is 0 Å². The van der Waals surface area contributed by atoms with Gasteiger partial charge in [-0.15, -0.1) is 0 Å². The Morgan fingerprint density at radius 3 is 2.76 bits per heavy atom. The highest BCUT2D eigenvalue weighted by atomic mass is 16.3. The van der Waals surface area contributed by atoms with Gasteiger partial charge in [0.2, 0.25) is 0 Å². The number of Topliss-reactive ketones (excluding diaryl/α,β-unsaturated/α-hetero) is 1. The molecule has 0 aliphatic heterocycles. The molecule has 4 atom stereocenters. The number of phenols is 1. The fourth-order valence-electron chi connectivity index (χ4n) is 5.87. The number of hydrogen-bond acceptors (Lipinski definition) is 2. The Labute approximate surface area is 126 Å². The standard InChI is InChI=1S/C19H24O2/c1-18-9-7-12-11-13(20)3-4-14(12)15(18)8-10-19(2)16(18)5-6-17(19)21/h3-4,11,15-16,20H,5-10H2,1-2H3/t15-,16+,18?,19+/m1/s1. The van der Waals surface area contributed by atoms with Gasteiger partial charge in [-0.3, -0.25) is 4.79 Å². The van der Waals surface area contributed by atoms with Crippen LogP contribution in [0, 0.1) is 16.7 Å². The van der Waals surface area contributed by atoms with Crippen LogP contribution in [0.15, 0.2) is 18.2 Å². The number of aryl methyl sites for hydroxylation is 1. The topological polar surface area (TPSA) is 37.3 Å². The second-order valence-electron chi connectivity index (χ2n) is 7.91. The van der Waals surface area contributed by atoms with Gasteiger partial charge in [0.15, 0.2) is 0 Å². The average molecular weight is 284 g/mol. The molecular formula is C19H24O2. The summed E-state index contributed by atoms with van der Waals surface area (Å²) in [6, 6.07) is 5.91. The second-order valence-corrected chi connectivity index (χ2v) is 7.91. The van der Waals surface area contributed by atoms with Crippen LogP contribution >= 0.6 is 0 Å². The van der Waals surface area contributed by atoms with Crippen molar-refractivity contribution in [3.05, 3.63) is 29.3 Å². The Morgan fingerprint density at radius 1 is 1.14 bits per heavy atom. The molecule has 3 aliphatic rings. The van der Waals surface area contributed by atoms with E-state index in [-0.39, 0.29) is 10.8 Å². The third-order valence-corrected chi connectivity index (χ3v) is 7.05. The molecule has 21 heavy (non-hydrogen) atoms. The van der Waals surface area contributed by atoms with Crippen molar-refractivity contribution in [3.8, 4) is 5.75 Å². The van der Waals surface area contributed by atoms with Crippen LogP contribution in [0.5, 0.6) is 5.75 Å². The fourth-order valence-corrected chi connectivity index (χ4v) is 5.87. The second kappa shape index (κ2) is 4.12. The summed E-state index contributed by atoms with van der Waals surface area (Å²) in [6.07, 6.45) is 6.21. The molecule has 4 rings (SSSR count). The summed E-state index contributed by atoms with van der Waals surface area (Å²) in [5.74, 6) is 1.99. The monoisotopic (exact) mass is 284 g/mol. The maximum absolute atomic E-state index is 12.4. The van der Waals surface area contributed by atoms with Crippen LogP contribution in [0.3, 0.4) is 0 Å². The summed E-state index contributed by atoms with van der Waals surface area (Å²) in [4.78, 5) is 12.4. The number of ketones is 1. The predicted molar refractivity (Wildman–Crippen MR) is 82.3 cm³/mol. The first-order valence-corrected chi connectivity index (χ1v) is 8.30. The predicted octanol–water partition coefficient (Wildman–Crippen LogP) is 4.21. The number of fused-ring (bicyclic) bond motifs is 5. The third-order valence-electron chi connectivity index (χ3n) is 7.05. The van der Waals surface area contributed by atoms with Gasteiger partial charge in [0, 0.05) is 11.8 Å². The van der Waals surface area contributed by atoms with Crippen LogP contribution < -0.4 is 0 Å². The Hall–Kier alpha value is -1.31. The number of carbonyl (C=O) groups excluding carboxylic acids is 1. The van der Waals surface area contributed by atoms with Gasteiger partial charge in [0.05, 0.1) is 0 Å². The zero-order chi connectivity index (χ0) is 14.8. The molecule has 3 aliphatic carbocycles. The normalized spacial score (nSPS) is 41.3. The summed E-state index contributed by atoms with van der Waals surface area (Å²) >= 11 is 0. The van der Waals surface area contributed by atoms with Crippen LogP contribution in [0.4, 0.5) is 0 Å². The number of benzene rings is 1. The van der Waals surface area contributed by atoms with Gasteiger partial charge in [0.1, 0.15) is 11.5 Å². The first-order chi connectivity index (χ1) is 9.95. The number of phenolic OH excluding ortho intramolecular Hbond substituents is 1. The quantitative estimate of drug-likeness (QED) is 0.775. The van der Waals surface area contributed by atoms with Crippen LogP contribution in [-0.4, -0.2) is 10.9 Å². The van der Waals surface area contributed by atoms with Gasteiger partial charge in [-0.05, 0) is 72.6 Å². The molecule has 0 amide bonds. The van der Waals surface area contributed by atoms with Crippen molar-refractivity contribution < 1.29 is 9.90 Å². The lowest BCUT2D eigenvalue weighted by molar-refractivity contribution is -0.132. The van der Waals surface area contributed by atoms with E-state index in [9.17, 15) is 9.90 Å². The van der Waals surface area contributed by atoms with Crippen molar-refractivity contribution in [2.45, 2.75) is 58.3 Å². The highest BCUT2D eigenvalue weighted by Crippen LogP contribution is 2.65.